The van der Waals surface area contributed by atoms with Crippen LogP contribution < -0.4 is 5.73 Å². The minimum Gasteiger partial charge on any atom is -0.341 e. The molecule has 0 radical (unpaired) electrons. The highest BCUT2D eigenvalue weighted by atomic mass is 35.5. The van der Waals surface area contributed by atoms with E-state index in [4.69, 9.17) is 5.73 Å². The van der Waals surface area contributed by atoms with E-state index in [0.717, 1.165) is 25.1 Å². The van der Waals surface area contributed by atoms with Crippen LogP contribution in [-0.2, 0) is 4.79 Å². The molecule has 19 heavy (non-hydrogen) atoms. The van der Waals surface area contributed by atoms with Crippen molar-refractivity contribution in [3.05, 3.63) is 35.9 Å². The molecule has 1 saturated heterocycles. The zero-order valence-corrected chi connectivity index (χ0v) is 12.8. The molecule has 3 nitrogen and oxygen atoms in total. The molecule has 2 rings (SSSR count). The van der Waals surface area contributed by atoms with Gasteiger partial charge in [-0.25, -0.2) is 0 Å². The van der Waals surface area contributed by atoms with Crippen LogP contribution in [0.4, 0.5) is 0 Å². The average Bonchev–Trinajstić information content (AvgIpc) is 2.89. The van der Waals surface area contributed by atoms with E-state index in [0.29, 0.717) is 12.5 Å². The van der Waals surface area contributed by atoms with E-state index in [9.17, 15) is 4.79 Å². The number of nitrogens with two attached hydrogens (primary N) is 1. The molecule has 2 atom stereocenters. The average molecular weight is 301 g/mol. The molecule has 2 N–H and O–H groups in total. The van der Waals surface area contributed by atoms with Gasteiger partial charge in [-0.15, -0.1) is 24.2 Å². The number of amides is 1. The number of rotatable bonds is 4. The molecule has 2 unspecified atom stereocenters. The maximum Gasteiger partial charge on any atom is 0.240 e. The first-order chi connectivity index (χ1) is 8.76. The number of carbonyl (C=O) groups excluding carboxylic acids is 1. The number of hydrogen-bond donors (Lipinski definition) is 1. The molecule has 0 aromatic heterocycles. The third-order valence-corrected chi connectivity index (χ3v) is 4.44. The first kappa shape index (κ1) is 16.3. The van der Waals surface area contributed by atoms with Gasteiger partial charge in [0.1, 0.15) is 5.25 Å². The Morgan fingerprint density at radius 2 is 2.16 bits per heavy atom. The topological polar surface area (TPSA) is 46.3 Å². The van der Waals surface area contributed by atoms with Crippen molar-refractivity contribution in [2.24, 2.45) is 11.7 Å². The van der Waals surface area contributed by atoms with Crippen LogP contribution in [0.15, 0.2) is 30.3 Å². The molecule has 1 aliphatic rings. The fourth-order valence-corrected chi connectivity index (χ4v) is 3.18. The van der Waals surface area contributed by atoms with Crippen LogP contribution in [0.1, 0.15) is 17.2 Å². The quantitative estimate of drug-likeness (QED) is 0.928. The predicted octanol–water partition coefficient (Wildman–Crippen LogP) is 2.32. The van der Waals surface area contributed by atoms with Gasteiger partial charge >= 0.3 is 0 Å². The Hall–Kier alpha value is -0.710. The van der Waals surface area contributed by atoms with Crippen LogP contribution in [0.3, 0.4) is 0 Å². The molecule has 0 bridgehead atoms. The first-order valence-corrected chi connectivity index (χ1v) is 7.61. The van der Waals surface area contributed by atoms with Crippen LogP contribution in [0, 0.1) is 5.92 Å². The molecule has 1 aliphatic heterocycles. The molecule has 1 heterocycles. The lowest BCUT2D eigenvalue weighted by molar-refractivity contribution is -0.129. The van der Waals surface area contributed by atoms with Crippen molar-refractivity contribution < 1.29 is 4.79 Å². The van der Waals surface area contributed by atoms with Crippen LogP contribution in [0.2, 0.25) is 0 Å². The van der Waals surface area contributed by atoms with E-state index < -0.39 is 0 Å². The Labute approximate surface area is 125 Å². The number of thioether (sulfide) groups is 1. The van der Waals surface area contributed by atoms with Gasteiger partial charge in [-0.1, -0.05) is 30.3 Å². The fraction of sp³-hybridized carbons (Fsp3) is 0.500. The van der Waals surface area contributed by atoms with Gasteiger partial charge in [-0.2, -0.15) is 0 Å². The molecule has 0 spiro atoms. The van der Waals surface area contributed by atoms with E-state index >= 15 is 0 Å². The smallest absolute Gasteiger partial charge is 0.240 e. The van der Waals surface area contributed by atoms with E-state index in [1.807, 2.05) is 41.5 Å². The van der Waals surface area contributed by atoms with Crippen molar-refractivity contribution in [3.63, 3.8) is 0 Å². The van der Waals surface area contributed by atoms with E-state index in [2.05, 4.69) is 0 Å². The molecule has 1 aromatic carbocycles. The summed E-state index contributed by atoms with van der Waals surface area (Å²) >= 11 is 1.60. The van der Waals surface area contributed by atoms with Crippen molar-refractivity contribution in [2.75, 3.05) is 25.9 Å². The zero-order valence-electron chi connectivity index (χ0n) is 11.1. The summed E-state index contributed by atoms with van der Waals surface area (Å²) in [6.45, 7) is 2.35. The molecule has 0 saturated carbocycles. The Balaban J connectivity index is 0.00000180. The fourth-order valence-electron chi connectivity index (χ4n) is 2.40. The maximum atomic E-state index is 12.5. The number of likely N-dealkylation sites (tertiary alicyclic amines) is 1. The predicted molar refractivity (Wildman–Crippen MR) is 83.7 cm³/mol. The number of hydrogen-bond acceptors (Lipinski definition) is 3. The Kier molecular flexibility index (Phi) is 6.69. The molecule has 1 fully saturated rings. The minimum absolute atomic E-state index is 0. The van der Waals surface area contributed by atoms with Crippen LogP contribution in [-0.4, -0.2) is 36.7 Å². The van der Waals surface area contributed by atoms with Crippen molar-refractivity contribution in [1.29, 1.82) is 0 Å². The standard InChI is InChI=1S/C14H20N2OS.ClH/c1-18-13(12-5-3-2-4-6-12)14(17)16-8-7-11(9-15)10-16;/h2-6,11,13H,7-10,15H2,1H3;1H. The summed E-state index contributed by atoms with van der Waals surface area (Å²) < 4.78 is 0. The number of carbonyl (C=O) groups is 1. The van der Waals surface area contributed by atoms with Crippen LogP contribution in [0.5, 0.6) is 0 Å². The molecule has 1 aromatic rings. The van der Waals surface area contributed by atoms with Gasteiger partial charge in [0.15, 0.2) is 0 Å². The Bertz CT molecular complexity index is 402. The summed E-state index contributed by atoms with van der Waals surface area (Å²) in [5.41, 5.74) is 6.76. The summed E-state index contributed by atoms with van der Waals surface area (Å²) in [5.74, 6) is 0.705. The highest BCUT2D eigenvalue weighted by molar-refractivity contribution is 7.99. The first-order valence-electron chi connectivity index (χ1n) is 6.33. The highest BCUT2D eigenvalue weighted by Crippen LogP contribution is 2.30. The monoisotopic (exact) mass is 300 g/mol. The van der Waals surface area contributed by atoms with E-state index in [-0.39, 0.29) is 23.6 Å². The van der Waals surface area contributed by atoms with E-state index in [1.165, 1.54) is 0 Å². The molecular formula is C14H21ClN2OS. The summed E-state index contributed by atoms with van der Waals surface area (Å²) in [6, 6.07) is 9.99. The molecule has 5 heteroatoms. The number of halogens is 1. The highest BCUT2D eigenvalue weighted by Gasteiger charge is 2.30. The van der Waals surface area contributed by atoms with Crippen molar-refractivity contribution in [1.82, 2.24) is 4.90 Å². The number of nitrogens with zero attached hydrogens (tertiary/aromatic N) is 1. The normalized spacial score (nSPS) is 19.9. The van der Waals surface area contributed by atoms with Gasteiger partial charge in [0.05, 0.1) is 0 Å². The summed E-state index contributed by atoms with van der Waals surface area (Å²) in [4.78, 5) is 14.5. The third kappa shape index (κ3) is 3.88. The molecular weight excluding hydrogens is 280 g/mol. The van der Waals surface area contributed by atoms with Gasteiger partial charge in [-0.3, -0.25) is 4.79 Å². The Morgan fingerprint density at radius 1 is 1.47 bits per heavy atom. The van der Waals surface area contributed by atoms with Crippen LogP contribution in [0.25, 0.3) is 0 Å². The lowest BCUT2D eigenvalue weighted by Gasteiger charge is -2.22. The van der Waals surface area contributed by atoms with Gasteiger partial charge in [0.25, 0.3) is 0 Å². The summed E-state index contributed by atoms with van der Waals surface area (Å²) in [6.07, 6.45) is 3.03. The Morgan fingerprint density at radius 3 is 2.68 bits per heavy atom. The molecule has 1 amide bonds. The van der Waals surface area contributed by atoms with E-state index in [1.54, 1.807) is 11.8 Å². The SMILES string of the molecule is CSC(C(=O)N1CCC(CN)C1)c1ccccc1.Cl. The second kappa shape index (κ2) is 7.78. The second-order valence-corrected chi connectivity index (χ2v) is 5.64. The lowest BCUT2D eigenvalue weighted by Crippen LogP contribution is -2.33. The van der Waals surface area contributed by atoms with Crippen molar-refractivity contribution in [2.45, 2.75) is 11.7 Å². The molecule has 0 aliphatic carbocycles. The summed E-state index contributed by atoms with van der Waals surface area (Å²) in [7, 11) is 0. The molecule has 106 valence electrons. The largest absolute Gasteiger partial charge is 0.341 e. The third-order valence-electron chi connectivity index (χ3n) is 3.49. The maximum absolute atomic E-state index is 12.5. The van der Waals surface area contributed by atoms with Crippen LogP contribution >= 0.6 is 24.2 Å². The van der Waals surface area contributed by atoms with Gasteiger partial charge in [-0.05, 0) is 30.7 Å². The van der Waals surface area contributed by atoms with Crippen molar-refractivity contribution >= 4 is 30.1 Å². The minimum atomic E-state index is -0.0808. The number of benzene rings is 1. The van der Waals surface area contributed by atoms with Gasteiger partial charge in [0, 0.05) is 13.1 Å². The van der Waals surface area contributed by atoms with Gasteiger partial charge in [0.2, 0.25) is 5.91 Å². The van der Waals surface area contributed by atoms with Crippen molar-refractivity contribution in [3.8, 4) is 0 Å². The zero-order chi connectivity index (χ0) is 13.0. The van der Waals surface area contributed by atoms with Gasteiger partial charge < -0.3 is 10.6 Å². The second-order valence-electron chi connectivity index (χ2n) is 4.70. The lowest BCUT2D eigenvalue weighted by atomic mass is 10.1. The summed E-state index contributed by atoms with van der Waals surface area (Å²) in [5, 5.41) is -0.0808.